The Kier molecular flexibility index (Phi) is 4.08. The van der Waals surface area contributed by atoms with E-state index >= 15 is 0 Å². The lowest BCUT2D eigenvalue weighted by Gasteiger charge is -2.22. The van der Waals surface area contributed by atoms with E-state index in [4.69, 9.17) is 0 Å². The molecule has 2 heterocycles. The van der Waals surface area contributed by atoms with Crippen molar-refractivity contribution in [2.75, 3.05) is 11.4 Å². The first-order valence-electron chi connectivity index (χ1n) is 6.87. The number of benzene rings is 1. The van der Waals surface area contributed by atoms with Gasteiger partial charge in [0.25, 0.3) is 5.69 Å². The molecule has 114 valence electrons. The molecule has 1 unspecified atom stereocenters. The number of aliphatic hydroxyl groups is 1. The van der Waals surface area contributed by atoms with Crippen LogP contribution in [0.5, 0.6) is 0 Å². The van der Waals surface area contributed by atoms with Crippen molar-refractivity contribution in [3.63, 3.8) is 0 Å². The molecule has 7 heteroatoms. The van der Waals surface area contributed by atoms with Gasteiger partial charge in [-0.25, -0.2) is 4.98 Å². The van der Waals surface area contributed by atoms with Crippen LogP contribution in [0.15, 0.2) is 41.0 Å². The van der Waals surface area contributed by atoms with Gasteiger partial charge in [0, 0.05) is 19.2 Å². The fraction of sp³-hybridized carbons (Fsp3) is 0.267. The molecule has 0 fully saturated rings. The average molecular weight is 364 g/mol. The van der Waals surface area contributed by atoms with Gasteiger partial charge in [-0.1, -0.05) is 24.3 Å². The highest BCUT2D eigenvalue weighted by Gasteiger charge is 2.23. The average Bonchev–Trinajstić information content (AvgIpc) is 2.67. The van der Waals surface area contributed by atoms with Gasteiger partial charge >= 0.3 is 0 Å². The Morgan fingerprint density at radius 1 is 1.41 bits per heavy atom. The zero-order chi connectivity index (χ0) is 15.7. The van der Waals surface area contributed by atoms with Gasteiger partial charge in [-0.2, -0.15) is 0 Å². The first kappa shape index (κ1) is 14.9. The molecule has 0 spiro atoms. The molecule has 1 aliphatic rings. The fourth-order valence-corrected chi connectivity index (χ4v) is 3.24. The zero-order valence-corrected chi connectivity index (χ0v) is 13.2. The molecular formula is C15H14BrN3O3. The smallest absolute Gasteiger partial charge is 0.288 e. The van der Waals surface area contributed by atoms with Gasteiger partial charge in [-0.15, -0.1) is 0 Å². The Bertz CT molecular complexity index is 723. The van der Waals surface area contributed by atoms with Crippen molar-refractivity contribution in [1.29, 1.82) is 0 Å². The maximum absolute atomic E-state index is 10.8. The van der Waals surface area contributed by atoms with Gasteiger partial charge in [0.15, 0.2) is 0 Å². The second-order valence-electron chi connectivity index (χ2n) is 5.18. The van der Waals surface area contributed by atoms with Crippen LogP contribution in [-0.2, 0) is 6.54 Å². The van der Waals surface area contributed by atoms with Crippen molar-refractivity contribution in [1.82, 2.24) is 4.98 Å². The van der Waals surface area contributed by atoms with Crippen molar-refractivity contribution in [3.05, 3.63) is 62.2 Å². The van der Waals surface area contributed by atoms with Crippen LogP contribution in [0.4, 0.5) is 11.5 Å². The van der Waals surface area contributed by atoms with E-state index in [-0.39, 0.29) is 5.69 Å². The third-order valence-electron chi connectivity index (χ3n) is 3.77. The molecule has 2 aromatic rings. The first-order chi connectivity index (χ1) is 10.6. The summed E-state index contributed by atoms with van der Waals surface area (Å²) in [6.45, 7) is 1.23. The first-order valence-corrected chi connectivity index (χ1v) is 7.66. The Morgan fingerprint density at radius 2 is 2.18 bits per heavy atom. The van der Waals surface area contributed by atoms with E-state index in [9.17, 15) is 15.2 Å². The van der Waals surface area contributed by atoms with Crippen LogP contribution in [0.3, 0.4) is 0 Å². The molecular weight excluding hydrogens is 350 g/mol. The van der Waals surface area contributed by atoms with E-state index < -0.39 is 11.0 Å². The molecule has 1 aromatic carbocycles. The topological polar surface area (TPSA) is 79.5 Å². The Balaban J connectivity index is 1.95. The number of aromatic nitrogens is 1. The van der Waals surface area contributed by atoms with Crippen molar-refractivity contribution in [2.45, 2.75) is 19.1 Å². The molecule has 1 atom stereocenters. The lowest BCUT2D eigenvalue weighted by molar-refractivity contribution is -0.385. The third kappa shape index (κ3) is 2.82. The van der Waals surface area contributed by atoms with Crippen LogP contribution < -0.4 is 4.90 Å². The van der Waals surface area contributed by atoms with Crippen LogP contribution in [0.25, 0.3) is 0 Å². The van der Waals surface area contributed by atoms with Gasteiger partial charge in [-0.05, 0) is 33.5 Å². The summed E-state index contributed by atoms with van der Waals surface area (Å²) >= 11 is 3.36. The van der Waals surface area contributed by atoms with Crippen molar-refractivity contribution in [2.24, 2.45) is 0 Å². The maximum atomic E-state index is 10.8. The van der Waals surface area contributed by atoms with E-state index in [1.807, 2.05) is 29.2 Å². The number of nitro groups is 1. The molecule has 3 rings (SSSR count). The van der Waals surface area contributed by atoms with Crippen LogP contribution in [0.2, 0.25) is 0 Å². The van der Waals surface area contributed by atoms with Crippen molar-refractivity contribution >= 4 is 27.4 Å². The molecule has 1 aliphatic heterocycles. The molecule has 0 saturated carbocycles. The predicted octanol–water partition coefficient (Wildman–Crippen LogP) is 3.20. The van der Waals surface area contributed by atoms with Crippen LogP contribution in [-0.4, -0.2) is 21.6 Å². The second-order valence-corrected chi connectivity index (χ2v) is 6.04. The highest BCUT2D eigenvalue weighted by molar-refractivity contribution is 9.10. The normalized spacial score (nSPS) is 17.7. The van der Waals surface area contributed by atoms with Crippen LogP contribution in [0, 0.1) is 10.1 Å². The van der Waals surface area contributed by atoms with Gasteiger partial charge in [0.05, 0.1) is 15.5 Å². The summed E-state index contributed by atoms with van der Waals surface area (Å²) in [5.74, 6) is 0.648. The zero-order valence-electron chi connectivity index (χ0n) is 11.6. The standard InChI is InChI=1S/C15H14BrN3O3/c16-13-7-11(19(21)22)8-17-15(13)18-6-5-14(20)12-4-2-1-3-10(12)9-18/h1-4,7-8,14,20H,5-6,9H2. The monoisotopic (exact) mass is 363 g/mol. The predicted molar refractivity (Wildman–Crippen MR) is 85.7 cm³/mol. The molecule has 6 nitrogen and oxygen atoms in total. The molecule has 22 heavy (non-hydrogen) atoms. The number of pyridine rings is 1. The minimum atomic E-state index is -0.502. The van der Waals surface area contributed by atoms with Crippen molar-refractivity contribution in [3.8, 4) is 0 Å². The number of halogens is 1. The fourth-order valence-electron chi connectivity index (χ4n) is 2.66. The van der Waals surface area contributed by atoms with E-state index in [0.717, 1.165) is 11.1 Å². The van der Waals surface area contributed by atoms with Gasteiger partial charge in [-0.3, -0.25) is 10.1 Å². The molecule has 0 bridgehead atoms. The number of aliphatic hydroxyl groups excluding tert-OH is 1. The molecule has 0 aliphatic carbocycles. The summed E-state index contributed by atoms with van der Waals surface area (Å²) in [6.07, 6.45) is 1.34. The highest BCUT2D eigenvalue weighted by atomic mass is 79.9. The van der Waals surface area contributed by atoms with E-state index in [0.29, 0.717) is 29.8 Å². The largest absolute Gasteiger partial charge is 0.388 e. The molecule has 1 aromatic heterocycles. The number of fused-ring (bicyclic) bond motifs is 1. The van der Waals surface area contributed by atoms with Gasteiger partial charge in [0.1, 0.15) is 12.0 Å². The Morgan fingerprint density at radius 3 is 2.91 bits per heavy atom. The summed E-state index contributed by atoms with van der Waals surface area (Å²) < 4.78 is 0.579. The summed E-state index contributed by atoms with van der Waals surface area (Å²) in [7, 11) is 0. The number of hydrogen-bond acceptors (Lipinski definition) is 5. The Labute approximate surface area is 135 Å². The summed E-state index contributed by atoms with van der Waals surface area (Å²) in [6, 6.07) is 9.22. The highest BCUT2D eigenvalue weighted by Crippen LogP contribution is 2.33. The summed E-state index contributed by atoms with van der Waals surface area (Å²) in [5.41, 5.74) is 1.92. The van der Waals surface area contributed by atoms with Crippen molar-refractivity contribution < 1.29 is 10.0 Å². The number of nitrogens with zero attached hydrogens (tertiary/aromatic N) is 3. The minimum absolute atomic E-state index is 0.0501. The number of anilines is 1. The second kappa shape index (κ2) is 6.02. The number of hydrogen-bond donors (Lipinski definition) is 1. The quantitative estimate of drug-likeness (QED) is 0.654. The third-order valence-corrected chi connectivity index (χ3v) is 4.35. The molecule has 0 radical (unpaired) electrons. The summed E-state index contributed by atoms with van der Waals surface area (Å²) in [5, 5.41) is 21.0. The number of rotatable bonds is 2. The van der Waals surface area contributed by atoms with E-state index in [2.05, 4.69) is 20.9 Å². The summed E-state index contributed by atoms with van der Waals surface area (Å²) in [4.78, 5) is 16.6. The SMILES string of the molecule is O=[N+]([O-])c1cnc(N2CCC(O)c3ccccc3C2)c(Br)c1. The molecule has 0 amide bonds. The van der Waals surface area contributed by atoms with E-state index in [1.165, 1.54) is 12.3 Å². The maximum Gasteiger partial charge on any atom is 0.288 e. The van der Waals surface area contributed by atoms with Crippen LogP contribution in [0.1, 0.15) is 23.7 Å². The van der Waals surface area contributed by atoms with E-state index in [1.54, 1.807) is 0 Å². The molecule has 1 N–H and O–H groups in total. The Hall–Kier alpha value is -1.99. The lowest BCUT2D eigenvalue weighted by atomic mass is 10.0. The minimum Gasteiger partial charge on any atom is -0.388 e. The lowest BCUT2D eigenvalue weighted by Crippen LogP contribution is -2.24. The van der Waals surface area contributed by atoms with Crippen LogP contribution >= 0.6 is 15.9 Å². The molecule has 0 saturated heterocycles. The van der Waals surface area contributed by atoms with Gasteiger partial charge in [0.2, 0.25) is 0 Å². The van der Waals surface area contributed by atoms with Gasteiger partial charge < -0.3 is 10.0 Å².